The second-order valence-corrected chi connectivity index (χ2v) is 6.52. The van der Waals surface area contributed by atoms with Gasteiger partial charge in [-0.3, -0.25) is 14.7 Å². The van der Waals surface area contributed by atoms with Crippen molar-refractivity contribution >= 4 is 5.78 Å². The minimum absolute atomic E-state index is 0.0587. The molecule has 1 N–H and O–H groups in total. The first-order chi connectivity index (χ1) is 15.0. The average Bonchev–Trinajstić information content (AvgIpc) is 2.98. The fraction of sp³-hybridized carbons (Fsp3) is 0.167. The number of H-pyrrole nitrogens is 1. The van der Waals surface area contributed by atoms with E-state index in [4.69, 9.17) is 0 Å². The van der Waals surface area contributed by atoms with Crippen LogP contribution in [0.15, 0.2) is 23.0 Å². The minimum Gasteiger partial charge on any atom is -0.294 e. The lowest BCUT2D eigenvalue weighted by Gasteiger charge is -2.12. The molecule has 0 bridgehead atoms. The lowest BCUT2D eigenvalue weighted by molar-refractivity contribution is -0.150. The number of nitrogens with zero attached hydrogens (tertiary/aromatic N) is 2. The van der Waals surface area contributed by atoms with Crippen molar-refractivity contribution in [1.82, 2.24) is 14.8 Å². The normalized spacial score (nSPS) is 12.3. The summed E-state index contributed by atoms with van der Waals surface area (Å²) in [5, 5.41) is 1.92. The molecule has 15 heteroatoms. The van der Waals surface area contributed by atoms with Crippen LogP contribution in [0.2, 0.25) is 0 Å². The van der Waals surface area contributed by atoms with Gasteiger partial charge in [0.1, 0.15) is 22.6 Å². The van der Waals surface area contributed by atoms with Gasteiger partial charge in [0.2, 0.25) is 5.78 Å². The van der Waals surface area contributed by atoms with Gasteiger partial charge in [0.05, 0.1) is 0 Å². The molecule has 1 aromatic carbocycles. The SMILES string of the molecule is Cc1[nH]n(-c2c(F)c(F)cc(F)c2F)c(=O)c1C(=O)c1cc(C(F)(F)F)nc(C(F)(F)F)c1. The fourth-order valence-corrected chi connectivity index (χ4v) is 2.82. The van der Waals surface area contributed by atoms with Crippen molar-refractivity contribution in [3.05, 3.63) is 80.0 Å². The third-order valence-corrected chi connectivity index (χ3v) is 4.28. The smallest absolute Gasteiger partial charge is 0.294 e. The number of rotatable bonds is 3. The number of benzene rings is 1. The van der Waals surface area contributed by atoms with Gasteiger partial charge in [-0.2, -0.15) is 26.3 Å². The van der Waals surface area contributed by atoms with Crippen molar-refractivity contribution in [3.8, 4) is 5.69 Å². The number of carbonyl (C=O) groups excluding carboxylic acids is 1. The highest BCUT2D eigenvalue weighted by Crippen LogP contribution is 2.34. The molecule has 0 fully saturated rings. The van der Waals surface area contributed by atoms with Crippen LogP contribution >= 0.6 is 0 Å². The van der Waals surface area contributed by atoms with Crippen molar-refractivity contribution in [2.24, 2.45) is 0 Å². The summed E-state index contributed by atoms with van der Waals surface area (Å²) >= 11 is 0. The van der Waals surface area contributed by atoms with Crippen LogP contribution in [-0.2, 0) is 12.4 Å². The zero-order chi connectivity index (χ0) is 25.0. The van der Waals surface area contributed by atoms with Crippen molar-refractivity contribution in [1.29, 1.82) is 0 Å². The number of aryl methyl sites for hydroxylation is 1. The topological polar surface area (TPSA) is 67.8 Å². The van der Waals surface area contributed by atoms with E-state index in [2.05, 4.69) is 4.98 Å². The molecule has 0 aliphatic heterocycles. The highest BCUT2D eigenvalue weighted by Gasteiger charge is 2.40. The average molecular weight is 487 g/mol. The summed E-state index contributed by atoms with van der Waals surface area (Å²) in [6.45, 7) is 0.910. The molecule has 0 unspecified atom stereocenters. The third-order valence-electron chi connectivity index (χ3n) is 4.28. The Kier molecular flexibility index (Phi) is 5.63. The fourth-order valence-electron chi connectivity index (χ4n) is 2.82. The van der Waals surface area contributed by atoms with E-state index in [9.17, 15) is 53.5 Å². The Bertz CT molecular complexity index is 1280. The number of pyridine rings is 1. The molecule has 176 valence electrons. The first-order valence-corrected chi connectivity index (χ1v) is 8.40. The molecule has 33 heavy (non-hydrogen) atoms. The highest BCUT2D eigenvalue weighted by molar-refractivity contribution is 6.09. The highest BCUT2D eigenvalue weighted by atomic mass is 19.4. The monoisotopic (exact) mass is 487 g/mol. The van der Waals surface area contributed by atoms with Crippen molar-refractivity contribution in [3.63, 3.8) is 0 Å². The Morgan fingerprint density at radius 1 is 0.879 bits per heavy atom. The number of aromatic nitrogens is 3. The molecule has 3 rings (SSSR count). The molecule has 0 aliphatic carbocycles. The number of hydrogen-bond donors (Lipinski definition) is 1. The summed E-state index contributed by atoms with van der Waals surface area (Å²) in [7, 11) is 0. The van der Waals surface area contributed by atoms with Crippen molar-refractivity contribution in [2.45, 2.75) is 19.3 Å². The molecule has 0 atom stereocenters. The first kappa shape index (κ1) is 24.0. The predicted molar refractivity (Wildman–Crippen MR) is 88.6 cm³/mol. The lowest BCUT2D eigenvalue weighted by atomic mass is 10.0. The standard InChI is InChI=1S/C18H7F10N3O2/c1-5-11(16(33)31(30-5)14-12(21)7(19)4-8(20)13(14)22)15(32)6-2-9(17(23,24)25)29-10(3-6)18(26,27)28/h2-4,30H,1H3. The van der Waals surface area contributed by atoms with Gasteiger partial charge in [0.25, 0.3) is 5.56 Å². The number of nitrogens with one attached hydrogen (secondary N) is 1. The van der Waals surface area contributed by atoms with Crippen molar-refractivity contribution < 1.29 is 48.7 Å². The van der Waals surface area contributed by atoms with Crippen LogP contribution in [0, 0.1) is 30.2 Å². The van der Waals surface area contributed by atoms with Crippen LogP contribution < -0.4 is 5.56 Å². The summed E-state index contributed by atoms with van der Waals surface area (Å²) in [4.78, 5) is 27.6. The molecule has 2 aromatic heterocycles. The Morgan fingerprint density at radius 2 is 1.33 bits per heavy atom. The number of halogens is 10. The number of ketones is 1. The van der Waals surface area contributed by atoms with Crippen LogP contribution in [0.4, 0.5) is 43.9 Å². The molecular weight excluding hydrogens is 480 g/mol. The van der Waals surface area contributed by atoms with E-state index >= 15 is 0 Å². The summed E-state index contributed by atoms with van der Waals surface area (Å²) in [5.74, 6) is -9.66. The van der Waals surface area contributed by atoms with Crippen LogP contribution in [-0.4, -0.2) is 20.5 Å². The summed E-state index contributed by atoms with van der Waals surface area (Å²) in [5.41, 5.74) is -10.5. The zero-order valence-electron chi connectivity index (χ0n) is 15.7. The van der Waals surface area contributed by atoms with Gasteiger partial charge in [-0.1, -0.05) is 0 Å². The maximum Gasteiger partial charge on any atom is 0.433 e. The predicted octanol–water partition coefficient (Wildman–Crippen LogP) is 4.69. The zero-order valence-corrected chi connectivity index (χ0v) is 15.7. The Morgan fingerprint density at radius 3 is 1.76 bits per heavy atom. The molecule has 0 aliphatic rings. The molecule has 0 amide bonds. The van der Waals surface area contributed by atoms with Gasteiger partial charge in [-0.15, -0.1) is 0 Å². The second kappa shape index (κ2) is 7.74. The maximum atomic E-state index is 14.0. The molecule has 0 saturated carbocycles. The lowest BCUT2D eigenvalue weighted by Crippen LogP contribution is -2.24. The summed E-state index contributed by atoms with van der Waals surface area (Å²) in [6, 6.07) is -0.289. The number of hydrogen-bond acceptors (Lipinski definition) is 3. The largest absolute Gasteiger partial charge is 0.433 e. The number of aromatic amines is 1. The summed E-state index contributed by atoms with van der Waals surface area (Å²) < 4.78 is 133. The summed E-state index contributed by atoms with van der Waals surface area (Å²) in [6.07, 6.45) is -10.8. The molecule has 0 spiro atoms. The van der Waals surface area contributed by atoms with E-state index < -0.39 is 80.9 Å². The van der Waals surface area contributed by atoms with Crippen LogP contribution in [0.25, 0.3) is 5.69 Å². The van der Waals surface area contributed by atoms with Gasteiger partial charge in [-0.05, 0) is 19.1 Å². The minimum atomic E-state index is -5.41. The van der Waals surface area contributed by atoms with Gasteiger partial charge in [0, 0.05) is 17.3 Å². The van der Waals surface area contributed by atoms with E-state index in [1.165, 1.54) is 0 Å². The van der Waals surface area contributed by atoms with Gasteiger partial charge in [-0.25, -0.2) is 27.2 Å². The Labute approximate surface area is 175 Å². The van der Waals surface area contributed by atoms with E-state index in [-0.39, 0.29) is 22.9 Å². The first-order valence-electron chi connectivity index (χ1n) is 8.40. The van der Waals surface area contributed by atoms with E-state index in [0.29, 0.717) is 0 Å². The maximum absolute atomic E-state index is 14.0. The molecule has 2 heterocycles. The molecule has 5 nitrogen and oxygen atoms in total. The van der Waals surface area contributed by atoms with E-state index in [1.807, 2.05) is 5.10 Å². The molecular formula is C18H7F10N3O2. The van der Waals surface area contributed by atoms with Gasteiger partial charge in [0.15, 0.2) is 23.3 Å². The molecule has 0 saturated heterocycles. The van der Waals surface area contributed by atoms with E-state index in [1.54, 1.807) is 0 Å². The van der Waals surface area contributed by atoms with Crippen LogP contribution in [0.1, 0.15) is 33.0 Å². The van der Waals surface area contributed by atoms with Gasteiger partial charge < -0.3 is 0 Å². The molecule has 3 aromatic rings. The third kappa shape index (κ3) is 4.21. The molecule has 0 radical (unpaired) electrons. The van der Waals surface area contributed by atoms with Gasteiger partial charge >= 0.3 is 12.4 Å². The van der Waals surface area contributed by atoms with Crippen LogP contribution in [0.5, 0.6) is 0 Å². The van der Waals surface area contributed by atoms with Crippen LogP contribution in [0.3, 0.4) is 0 Å². The Balaban J connectivity index is 2.25. The number of carbonyl (C=O) groups is 1. The Hall–Kier alpha value is -3.65. The van der Waals surface area contributed by atoms with E-state index in [0.717, 1.165) is 6.92 Å². The number of alkyl halides is 6. The quantitative estimate of drug-likeness (QED) is 0.331. The van der Waals surface area contributed by atoms with Crippen molar-refractivity contribution in [2.75, 3.05) is 0 Å². The second-order valence-electron chi connectivity index (χ2n) is 6.52.